The van der Waals surface area contributed by atoms with Crippen molar-refractivity contribution < 1.29 is 9.21 Å². The minimum absolute atomic E-state index is 0. The Balaban J connectivity index is 0.00000147. The number of carbonyl (C=O) groups excluding carboxylic acids is 1. The van der Waals surface area contributed by atoms with Crippen LogP contribution in [0.4, 0.5) is 0 Å². The maximum atomic E-state index is 12.4. The molecule has 3 rings (SSSR count). The first kappa shape index (κ1) is 15.4. The van der Waals surface area contributed by atoms with Gasteiger partial charge in [0.25, 0.3) is 5.91 Å². The van der Waals surface area contributed by atoms with Gasteiger partial charge in [-0.15, -0.1) is 12.4 Å². The normalized spacial score (nSPS) is 20.9. The first-order valence-electron chi connectivity index (χ1n) is 7.29. The van der Waals surface area contributed by atoms with E-state index in [1.54, 1.807) is 6.07 Å². The first-order chi connectivity index (χ1) is 9.22. The van der Waals surface area contributed by atoms with E-state index in [1.165, 1.54) is 44.8 Å². The molecule has 0 radical (unpaired) electrons. The molecule has 1 saturated heterocycles. The molecule has 2 fully saturated rings. The zero-order chi connectivity index (χ0) is 13.3. The molecule has 2 aliphatic rings. The summed E-state index contributed by atoms with van der Waals surface area (Å²) in [6, 6.07) is 1.77. The highest BCUT2D eigenvalue weighted by Gasteiger charge is 2.40. The highest BCUT2D eigenvalue weighted by molar-refractivity contribution is 5.94. The summed E-state index contributed by atoms with van der Waals surface area (Å²) in [6.07, 6.45) is 9.29. The van der Waals surface area contributed by atoms with Crippen LogP contribution < -0.4 is 5.73 Å². The monoisotopic (exact) mass is 298 g/mol. The second-order valence-corrected chi connectivity index (χ2v) is 6.04. The SMILES string of the molecule is Cl.NCc1cc(C(=O)N2CCC3(CCCCC3)C2)co1. The number of hydrogen-bond donors (Lipinski definition) is 1. The minimum atomic E-state index is 0. The van der Waals surface area contributed by atoms with Crippen molar-refractivity contribution in [1.82, 2.24) is 4.90 Å². The lowest BCUT2D eigenvalue weighted by atomic mass is 9.73. The van der Waals surface area contributed by atoms with Gasteiger partial charge in [-0.3, -0.25) is 4.79 Å². The molecule has 2 N–H and O–H groups in total. The van der Waals surface area contributed by atoms with Crippen LogP contribution in [0.2, 0.25) is 0 Å². The van der Waals surface area contributed by atoms with Crippen LogP contribution in [0.15, 0.2) is 16.7 Å². The smallest absolute Gasteiger partial charge is 0.257 e. The second-order valence-electron chi connectivity index (χ2n) is 6.04. The van der Waals surface area contributed by atoms with Gasteiger partial charge in [-0.2, -0.15) is 0 Å². The van der Waals surface area contributed by atoms with Crippen molar-refractivity contribution in [3.63, 3.8) is 0 Å². The molecule has 0 bridgehead atoms. The van der Waals surface area contributed by atoms with Crippen LogP contribution in [0.1, 0.15) is 54.6 Å². The summed E-state index contributed by atoms with van der Waals surface area (Å²) >= 11 is 0. The quantitative estimate of drug-likeness (QED) is 0.913. The summed E-state index contributed by atoms with van der Waals surface area (Å²) in [5.41, 5.74) is 6.57. The van der Waals surface area contributed by atoms with Crippen LogP contribution in [-0.4, -0.2) is 23.9 Å². The average molecular weight is 299 g/mol. The molecule has 1 aliphatic heterocycles. The van der Waals surface area contributed by atoms with Gasteiger partial charge >= 0.3 is 0 Å². The first-order valence-corrected chi connectivity index (χ1v) is 7.29. The van der Waals surface area contributed by atoms with Gasteiger partial charge < -0.3 is 15.1 Å². The molecular weight excluding hydrogens is 276 g/mol. The van der Waals surface area contributed by atoms with Crippen molar-refractivity contribution in [1.29, 1.82) is 0 Å². The molecule has 20 heavy (non-hydrogen) atoms. The van der Waals surface area contributed by atoms with Crippen LogP contribution in [0.5, 0.6) is 0 Å². The van der Waals surface area contributed by atoms with Crippen molar-refractivity contribution >= 4 is 18.3 Å². The summed E-state index contributed by atoms with van der Waals surface area (Å²) in [7, 11) is 0. The Hall–Kier alpha value is -1.00. The van der Waals surface area contributed by atoms with E-state index < -0.39 is 0 Å². The van der Waals surface area contributed by atoms with Gasteiger partial charge in [0.1, 0.15) is 12.0 Å². The highest BCUT2D eigenvalue weighted by Crippen LogP contribution is 2.43. The van der Waals surface area contributed by atoms with Crippen molar-refractivity contribution in [2.24, 2.45) is 11.1 Å². The lowest BCUT2D eigenvalue weighted by Crippen LogP contribution is -2.33. The van der Waals surface area contributed by atoms with Gasteiger partial charge in [0.2, 0.25) is 0 Å². The standard InChI is InChI=1S/C15H22N2O2.ClH/c16-9-13-8-12(10-19-13)14(18)17-7-6-15(11-17)4-2-1-3-5-15;/h8,10H,1-7,9,11,16H2;1H. The maximum absolute atomic E-state index is 12.4. The predicted octanol–water partition coefficient (Wildman–Crippen LogP) is 2.96. The maximum Gasteiger partial charge on any atom is 0.257 e. The molecule has 1 saturated carbocycles. The summed E-state index contributed by atoms with van der Waals surface area (Å²) in [5, 5.41) is 0. The third-order valence-electron chi connectivity index (χ3n) is 4.74. The molecule has 112 valence electrons. The predicted molar refractivity (Wildman–Crippen MR) is 79.9 cm³/mol. The van der Waals surface area contributed by atoms with Gasteiger partial charge in [-0.1, -0.05) is 19.3 Å². The number of carbonyl (C=O) groups is 1. The van der Waals surface area contributed by atoms with Crippen molar-refractivity contribution in [3.8, 4) is 0 Å². The molecular formula is C15H23ClN2O2. The van der Waals surface area contributed by atoms with E-state index in [4.69, 9.17) is 10.2 Å². The van der Waals surface area contributed by atoms with E-state index in [2.05, 4.69) is 0 Å². The van der Waals surface area contributed by atoms with Gasteiger partial charge in [0.05, 0.1) is 12.1 Å². The van der Waals surface area contributed by atoms with E-state index in [9.17, 15) is 4.79 Å². The van der Waals surface area contributed by atoms with Crippen molar-refractivity contribution in [2.45, 2.75) is 45.1 Å². The molecule has 4 nitrogen and oxygen atoms in total. The lowest BCUT2D eigenvalue weighted by molar-refractivity contribution is 0.0758. The third kappa shape index (κ3) is 2.86. The van der Waals surface area contributed by atoms with Crippen LogP contribution in [0, 0.1) is 5.41 Å². The van der Waals surface area contributed by atoms with Crippen molar-refractivity contribution in [2.75, 3.05) is 13.1 Å². The molecule has 1 amide bonds. The Kier molecular flexibility index (Phi) is 4.76. The number of hydrogen-bond acceptors (Lipinski definition) is 3. The van der Waals surface area contributed by atoms with E-state index in [-0.39, 0.29) is 18.3 Å². The van der Waals surface area contributed by atoms with Gasteiger partial charge in [-0.05, 0) is 30.7 Å². The number of rotatable bonds is 2. The van der Waals surface area contributed by atoms with Crippen LogP contribution >= 0.6 is 12.4 Å². The number of halogens is 1. The number of furan rings is 1. The van der Waals surface area contributed by atoms with E-state index >= 15 is 0 Å². The van der Waals surface area contributed by atoms with Crippen molar-refractivity contribution in [3.05, 3.63) is 23.7 Å². The lowest BCUT2D eigenvalue weighted by Gasteiger charge is -2.33. The molecule has 0 unspecified atom stereocenters. The van der Waals surface area contributed by atoms with Crippen LogP contribution in [0.3, 0.4) is 0 Å². The fourth-order valence-corrected chi connectivity index (χ4v) is 3.60. The van der Waals surface area contributed by atoms with E-state index in [0.717, 1.165) is 13.1 Å². The molecule has 0 atom stereocenters. The zero-order valence-electron chi connectivity index (χ0n) is 11.8. The van der Waals surface area contributed by atoms with Crippen LogP contribution in [0.25, 0.3) is 0 Å². The molecule has 1 aliphatic carbocycles. The Labute approximate surface area is 126 Å². The summed E-state index contributed by atoms with van der Waals surface area (Å²) < 4.78 is 5.26. The van der Waals surface area contributed by atoms with E-state index in [0.29, 0.717) is 23.3 Å². The molecule has 5 heteroatoms. The summed E-state index contributed by atoms with van der Waals surface area (Å²) in [4.78, 5) is 14.4. The Morgan fingerprint density at radius 2 is 2.05 bits per heavy atom. The molecule has 1 aromatic rings. The Bertz CT molecular complexity index is 466. The third-order valence-corrected chi connectivity index (χ3v) is 4.74. The Morgan fingerprint density at radius 3 is 2.70 bits per heavy atom. The number of nitrogens with two attached hydrogens (primary N) is 1. The Morgan fingerprint density at radius 1 is 1.30 bits per heavy atom. The largest absolute Gasteiger partial charge is 0.467 e. The molecule has 0 aromatic carbocycles. The summed E-state index contributed by atoms with van der Waals surface area (Å²) in [5.74, 6) is 0.779. The number of amides is 1. The van der Waals surface area contributed by atoms with Gasteiger partial charge in [-0.25, -0.2) is 0 Å². The van der Waals surface area contributed by atoms with Gasteiger partial charge in [0.15, 0.2) is 0 Å². The minimum Gasteiger partial charge on any atom is -0.467 e. The number of likely N-dealkylation sites (tertiary alicyclic amines) is 1. The molecule has 1 aromatic heterocycles. The summed E-state index contributed by atoms with van der Waals surface area (Å²) in [6.45, 7) is 2.16. The highest BCUT2D eigenvalue weighted by atomic mass is 35.5. The van der Waals surface area contributed by atoms with E-state index in [1.807, 2.05) is 4.90 Å². The van der Waals surface area contributed by atoms with Crippen LogP contribution in [-0.2, 0) is 6.54 Å². The topological polar surface area (TPSA) is 59.5 Å². The second kappa shape index (κ2) is 6.19. The molecule has 2 heterocycles. The number of nitrogens with zero attached hydrogens (tertiary/aromatic N) is 1. The zero-order valence-corrected chi connectivity index (χ0v) is 12.6. The fraction of sp³-hybridized carbons (Fsp3) is 0.667. The van der Waals surface area contributed by atoms with Gasteiger partial charge in [0, 0.05) is 13.1 Å². The average Bonchev–Trinajstić information content (AvgIpc) is 3.06. The fourth-order valence-electron chi connectivity index (χ4n) is 3.60. The molecule has 1 spiro atoms.